The van der Waals surface area contributed by atoms with Gasteiger partial charge in [0.05, 0.1) is 0 Å². The van der Waals surface area contributed by atoms with Crippen LogP contribution in [0.5, 0.6) is 5.75 Å². The number of Topliss-reactive ketones (excluding diaryl/α,β-unsaturated/α-hetero) is 1. The van der Waals surface area contributed by atoms with E-state index in [4.69, 9.17) is 9.84 Å². The fraction of sp³-hybridized carbons (Fsp3) is 0.286. The number of amides is 1. The van der Waals surface area contributed by atoms with Crippen molar-refractivity contribution >= 4 is 17.7 Å². The Kier molecular flexibility index (Phi) is 7.55. The number of aliphatic carboxylic acids is 1. The standard InChI is InChI=1S/C21H23NO5/c1-16(23)18-9-5-10-19(13-18)27-15-20(24)22(12-6-11-21(25)26)14-17-7-3-2-4-8-17/h2-5,7-10,13H,6,11-12,14-15H2,1H3,(H,25,26). The average molecular weight is 369 g/mol. The minimum absolute atomic E-state index is 0.0000830. The SMILES string of the molecule is CC(=O)c1cccc(OCC(=O)N(CCCC(=O)O)Cc2ccccc2)c1. The first-order valence-electron chi connectivity index (χ1n) is 8.73. The number of hydrogen-bond acceptors (Lipinski definition) is 4. The molecule has 0 aliphatic carbocycles. The average Bonchev–Trinajstić information content (AvgIpc) is 2.66. The van der Waals surface area contributed by atoms with E-state index < -0.39 is 5.97 Å². The molecular formula is C21H23NO5. The molecule has 0 bridgehead atoms. The van der Waals surface area contributed by atoms with Crippen LogP contribution in [0.3, 0.4) is 0 Å². The topological polar surface area (TPSA) is 83.9 Å². The lowest BCUT2D eigenvalue weighted by Gasteiger charge is -2.23. The molecule has 0 saturated heterocycles. The third kappa shape index (κ3) is 6.93. The van der Waals surface area contributed by atoms with Gasteiger partial charge in [-0.05, 0) is 31.0 Å². The molecule has 0 unspecified atom stereocenters. The number of carboxylic acid groups (broad SMARTS) is 1. The Hall–Kier alpha value is -3.15. The van der Waals surface area contributed by atoms with Crippen molar-refractivity contribution in [2.24, 2.45) is 0 Å². The van der Waals surface area contributed by atoms with E-state index in [0.717, 1.165) is 5.56 Å². The lowest BCUT2D eigenvalue weighted by Crippen LogP contribution is -2.35. The summed E-state index contributed by atoms with van der Waals surface area (Å²) < 4.78 is 5.54. The molecule has 0 aromatic heterocycles. The molecule has 0 spiro atoms. The normalized spacial score (nSPS) is 10.3. The van der Waals surface area contributed by atoms with E-state index in [1.54, 1.807) is 29.2 Å². The largest absolute Gasteiger partial charge is 0.484 e. The quantitative estimate of drug-likeness (QED) is 0.651. The second kappa shape index (κ2) is 10.1. The van der Waals surface area contributed by atoms with Crippen molar-refractivity contribution < 1.29 is 24.2 Å². The van der Waals surface area contributed by atoms with Crippen molar-refractivity contribution in [1.29, 1.82) is 0 Å². The van der Waals surface area contributed by atoms with Gasteiger partial charge >= 0.3 is 5.97 Å². The van der Waals surface area contributed by atoms with Crippen LogP contribution in [0.2, 0.25) is 0 Å². The van der Waals surface area contributed by atoms with Gasteiger partial charge in [-0.15, -0.1) is 0 Å². The third-order valence-electron chi connectivity index (χ3n) is 3.99. The zero-order valence-corrected chi connectivity index (χ0v) is 15.3. The van der Waals surface area contributed by atoms with Crippen molar-refractivity contribution in [3.63, 3.8) is 0 Å². The molecule has 0 saturated carbocycles. The maximum atomic E-state index is 12.6. The number of carbonyl (C=O) groups excluding carboxylic acids is 2. The monoisotopic (exact) mass is 369 g/mol. The Bertz CT molecular complexity index is 788. The Balaban J connectivity index is 2.00. The lowest BCUT2D eigenvalue weighted by molar-refractivity contribution is -0.138. The fourth-order valence-electron chi connectivity index (χ4n) is 2.56. The minimum Gasteiger partial charge on any atom is -0.484 e. The summed E-state index contributed by atoms with van der Waals surface area (Å²) in [5.74, 6) is -0.760. The zero-order valence-electron chi connectivity index (χ0n) is 15.3. The first-order valence-corrected chi connectivity index (χ1v) is 8.73. The van der Waals surface area contributed by atoms with Crippen molar-refractivity contribution in [3.8, 4) is 5.75 Å². The van der Waals surface area contributed by atoms with Gasteiger partial charge < -0.3 is 14.7 Å². The number of ketones is 1. The van der Waals surface area contributed by atoms with E-state index in [-0.39, 0.29) is 24.7 Å². The summed E-state index contributed by atoms with van der Waals surface area (Å²) in [7, 11) is 0. The highest BCUT2D eigenvalue weighted by Gasteiger charge is 2.15. The summed E-state index contributed by atoms with van der Waals surface area (Å²) in [6.45, 7) is 2.00. The van der Waals surface area contributed by atoms with Crippen LogP contribution < -0.4 is 4.74 Å². The number of carboxylic acids is 1. The number of rotatable bonds is 10. The second-order valence-electron chi connectivity index (χ2n) is 6.17. The molecule has 1 amide bonds. The van der Waals surface area contributed by atoms with Crippen LogP contribution in [0.25, 0.3) is 0 Å². The van der Waals surface area contributed by atoms with Gasteiger partial charge in [-0.25, -0.2) is 0 Å². The van der Waals surface area contributed by atoms with E-state index in [1.165, 1.54) is 6.92 Å². The van der Waals surface area contributed by atoms with Crippen LogP contribution in [-0.2, 0) is 16.1 Å². The van der Waals surface area contributed by atoms with Crippen LogP contribution in [0.1, 0.15) is 35.7 Å². The minimum atomic E-state index is -0.889. The molecule has 0 aliphatic rings. The van der Waals surface area contributed by atoms with E-state index in [0.29, 0.717) is 30.8 Å². The molecule has 2 rings (SSSR count). The second-order valence-corrected chi connectivity index (χ2v) is 6.17. The van der Waals surface area contributed by atoms with Crippen LogP contribution in [0, 0.1) is 0 Å². The Morgan fingerprint density at radius 3 is 2.44 bits per heavy atom. The van der Waals surface area contributed by atoms with Crippen LogP contribution in [0.4, 0.5) is 0 Å². The first kappa shape index (κ1) is 20.2. The molecule has 27 heavy (non-hydrogen) atoms. The molecule has 6 nitrogen and oxygen atoms in total. The van der Waals surface area contributed by atoms with Gasteiger partial charge in [0, 0.05) is 25.1 Å². The number of hydrogen-bond donors (Lipinski definition) is 1. The van der Waals surface area contributed by atoms with Gasteiger partial charge in [-0.3, -0.25) is 14.4 Å². The molecule has 0 atom stereocenters. The molecule has 2 aromatic rings. The van der Waals surface area contributed by atoms with Gasteiger partial charge in [-0.1, -0.05) is 42.5 Å². The van der Waals surface area contributed by atoms with Gasteiger partial charge in [0.15, 0.2) is 12.4 Å². The van der Waals surface area contributed by atoms with Crippen molar-refractivity contribution in [2.75, 3.05) is 13.2 Å². The highest BCUT2D eigenvalue weighted by molar-refractivity contribution is 5.94. The molecule has 0 heterocycles. The number of carbonyl (C=O) groups is 3. The van der Waals surface area contributed by atoms with Gasteiger partial charge in [0.1, 0.15) is 5.75 Å². The molecule has 0 aliphatic heterocycles. The third-order valence-corrected chi connectivity index (χ3v) is 3.99. The van der Waals surface area contributed by atoms with E-state index in [9.17, 15) is 14.4 Å². The van der Waals surface area contributed by atoms with Gasteiger partial charge in [0.2, 0.25) is 0 Å². The van der Waals surface area contributed by atoms with Crippen LogP contribution in [-0.4, -0.2) is 40.8 Å². The Labute approximate surface area is 158 Å². The van der Waals surface area contributed by atoms with E-state index in [2.05, 4.69) is 0 Å². The first-order chi connectivity index (χ1) is 13.0. The smallest absolute Gasteiger partial charge is 0.303 e. The fourth-order valence-corrected chi connectivity index (χ4v) is 2.56. The number of nitrogens with zero attached hydrogens (tertiary/aromatic N) is 1. The number of ether oxygens (including phenoxy) is 1. The van der Waals surface area contributed by atoms with Crippen molar-refractivity contribution in [2.45, 2.75) is 26.3 Å². The van der Waals surface area contributed by atoms with Crippen molar-refractivity contribution in [3.05, 3.63) is 65.7 Å². The van der Waals surface area contributed by atoms with Crippen LogP contribution >= 0.6 is 0 Å². The molecule has 2 aromatic carbocycles. The van der Waals surface area contributed by atoms with E-state index >= 15 is 0 Å². The summed E-state index contributed by atoms with van der Waals surface area (Å²) >= 11 is 0. The predicted octanol–water partition coefficient (Wildman–Crippen LogP) is 3.16. The van der Waals surface area contributed by atoms with E-state index in [1.807, 2.05) is 30.3 Å². The lowest BCUT2D eigenvalue weighted by atomic mass is 10.1. The predicted molar refractivity (Wildman–Crippen MR) is 101 cm³/mol. The molecule has 6 heteroatoms. The molecule has 0 radical (unpaired) electrons. The van der Waals surface area contributed by atoms with Crippen LogP contribution in [0.15, 0.2) is 54.6 Å². The maximum Gasteiger partial charge on any atom is 0.303 e. The molecule has 0 fully saturated rings. The Morgan fingerprint density at radius 1 is 1.04 bits per heavy atom. The van der Waals surface area contributed by atoms with Crippen molar-refractivity contribution in [1.82, 2.24) is 4.90 Å². The summed E-state index contributed by atoms with van der Waals surface area (Å²) in [4.78, 5) is 36.4. The summed E-state index contributed by atoms with van der Waals surface area (Å²) in [6.07, 6.45) is 0.369. The van der Waals surface area contributed by atoms with Gasteiger partial charge in [0.25, 0.3) is 5.91 Å². The molecular weight excluding hydrogens is 346 g/mol. The summed E-state index contributed by atoms with van der Waals surface area (Å²) in [5.41, 5.74) is 1.47. The Morgan fingerprint density at radius 2 is 1.78 bits per heavy atom. The molecule has 142 valence electrons. The van der Waals surface area contributed by atoms with Gasteiger partial charge in [-0.2, -0.15) is 0 Å². The number of benzene rings is 2. The maximum absolute atomic E-state index is 12.6. The zero-order chi connectivity index (χ0) is 19.6. The highest BCUT2D eigenvalue weighted by Crippen LogP contribution is 2.14. The molecule has 1 N–H and O–H groups in total. The highest BCUT2D eigenvalue weighted by atomic mass is 16.5. The summed E-state index contributed by atoms with van der Waals surface area (Å²) in [5, 5.41) is 8.82. The summed E-state index contributed by atoms with van der Waals surface area (Å²) in [6, 6.07) is 16.2.